The van der Waals surface area contributed by atoms with Crippen LogP contribution in [0.25, 0.3) is 0 Å². The van der Waals surface area contributed by atoms with Gasteiger partial charge in [0.25, 0.3) is 5.91 Å². The van der Waals surface area contributed by atoms with Crippen LogP contribution in [0.1, 0.15) is 49.5 Å². The van der Waals surface area contributed by atoms with Crippen LogP contribution in [0.4, 0.5) is 0 Å². The lowest BCUT2D eigenvalue weighted by molar-refractivity contribution is 0.0773. The van der Waals surface area contributed by atoms with Gasteiger partial charge in [0.2, 0.25) is 0 Å². The van der Waals surface area contributed by atoms with Crippen LogP contribution in [0.2, 0.25) is 0 Å². The van der Waals surface area contributed by atoms with Gasteiger partial charge in [-0.1, -0.05) is 12.1 Å². The molecule has 1 aromatic carbocycles. The zero-order valence-corrected chi connectivity index (χ0v) is 20.2. The minimum atomic E-state index is 0. The van der Waals surface area contributed by atoms with Gasteiger partial charge in [0.1, 0.15) is 0 Å². The van der Waals surface area contributed by atoms with Crippen molar-refractivity contribution in [3.63, 3.8) is 0 Å². The number of unbranched alkanes of at least 4 members (excludes halogenated alkanes) is 1. The van der Waals surface area contributed by atoms with Gasteiger partial charge in [-0.3, -0.25) is 4.79 Å². The van der Waals surface area contributed by atoms with E-state index < -0.39 is 0 Å². The van der Waals surface area contributed by atoms with Crippen molar-refractivity contribution in [3.8, 4) is 0 Å². The SMILES string of the molecule is CCNC(=NCc1ccc(C(=O)N(CC)CC)cc1)NCCCCSC.I. The van der Waals surface area contributed by atoms with Crippen molar-refractivity contribution < 1.29 is 4.79 Å². The number of aliphatic imine (C=N–C) groups is 1. The summed E-state index contributed by atoms with van der Waals surface area (Å²) in [5.41, 5.74) is 1.83. The van der Waals surface area contributed by atoms with E-state index in [4.69, 9.17) is 0 Å². The monoisotopic (exact) mass is 506 g/mol. The minimum absolute atomic E-state index is 0. The standard InChI is InChI=1S/C20H34N4OS.HI/c1-5-21-20(22-14-8-9-15-26-4)23-16-17-10-12-18(13-11-17)19(25)24(6-2)7-3;/h10-13H,5-9,14-16H2,1-4H3,(H2,21,22,23);1H. The van der Waals surface area contributed by atoms with Crippen LogP contribution in [0.5, 0.6) is 0 Å². The maximum atomic E-state index is 12.3. The van der Waals surface area contributed by atoms with E-state index in [1.807, 2.05) is 54.8 Å². The molecule has 0 spiro atoms. The number of rotatable bonds is 11. The molecule has 0 aliphatic heterocycles. The molecule has 0 unspecified atom stereocenters. The van der Waals surface area contributed by atoms with E-state index in [1.165, 1.54) is 12.2 Å². The van der Waals surface area contributed by atoms with Crippen molar-refractivity contribution >= 4 is 47.6 Å². The van der Waals surface area contributed by atoms with E-state index >= 15 is 0 Å². The number of guanidine groups is 1. The molecule has 0 bridgehead atoms. The van der Waals surface area contributed by atoms with Crippen LogP contribution in [-0.4, -0.2) is 55.0 Å². The molecule has 154 valence electrons. The molecule has 0 fully saturated rings. The molecule has 0 aliphatic carbocycles. The summed E-state index contributed by atoms with van der Waals surface area (Å²) in [6, 6.07) is 7.77. The van der Waals surface area contributed by atoms with Gasteiger partial charge < -0.3 is 15.5 Å². The van der Waals surface area contributed by atoms with Crippen molar-refractivity contribution in [2.45, 2.75) is 40.2 Å². The summed E-state index contributed by atoms with van der Waals surface area (Å²) in [4.78, 5) is 18.8. The van der Waals surface area contributed by atoms with E-state index in [0.29, 0.717) is 6.54 Å². The minimum Gasteiger partial charge on any atom is -0.357 e. The van der Waals surface area contributed by atoms with E-state index in [0.717, 1.165) is 49.7 Å². The molecule has 0 heterocycles. The predicted octanol–water partition coefficient (Wildman–Crippen LogP) is 3.98. The molecule has 7 heteroatoms. The highest BCUT2D eigenvalue weighted by molar-refractivity contribution is 14.0. The first kappa shape index (κ1) is 26.0. The summed E-state index contributed by atoms with van der Waals surface area (Å²) in [6.07, 6.45) is 4.50. The molecular weight excluding hydrogens is 471 g/mol. The zero-order valence-electron chi connectivity index (χ0n) is 17.1. The molecule has 1 rings (SSSR count). The van der Waals surface area contributed by atoms with E-state index in [-0.39, 0.29) is 29.9 Å². The third kappa shape index (κ3) is 10.2. The Morgan fingerprint density at radius 2 is 1.74 bits per heavy atom. The van der Waals surface area contributed by atoms with Crippen molar-refractivity contribution in [3.05, 3.63) is 35.4 Å². The number of carbonyl (C=O) groups excluding carboxylic acids is 1. The fraction of sp³-hybridized carbons (Fsp3) is 0.600. The van der Waals surface area contributed by atoms with Crippen molar-refractivity contribution in [1.29, 1.82) is 0 Å². The second-order valence-corrected chi connectivity index (χ2v) is 6.98. The fourth-order valence-corrected chi connectivity index (χ4v) is 3.03. The van der Waals surface area contributed by atoms with Gasteiger partial charge in [-0.05, 0) is 63.3 Å². The Morgan fingerprint density at radius 1 is 1.07 bits per heavy atom. The smallest absolute Gasteiger partial charge is 0.253 e. The topological polar surface area (TPSA) is 56.7 Å². The Balaban J connectivity index is 0.00000676. The maximum Gasteiger partial charge on any atom is 0.253 e. The second kappa shape index (κ2) is 16.0. The fourth-order valence-electron chi connectivity index (χ4n) is 2.54. The number of benzene rings is 1. The summed E-state index contributed by atoms with van der Waals surface area (Å²) >= 11 is 1.89. The molecule has 0 radical (unpaired) electrons. The summed E-state index contributed by atoms with van der Waals surface area (Å²) in [5, 5.41) is 6.65. The van der Waals surface area contributed by atoms with Crippen molar-refractivity contribution in [2.24, 2.45) is 4.99 Å². The molecule has 0 saturated heterocycles. The molecule has 1 aromatic rings. The lowest BCUT2D eigenvalue weighted by Gasteiger charge is -2.18. The third-order valence-corrected chi connectivity index (χ3v) is 4.78. The molecule has 0 aliphatic rings. The molecule has 1 amide bonds. The Kier molecular flexibility index (Phi) is 15.5. The van der Waals surface area contributed by atoms with Gasteiger partial charge in [0, 0.05) is 31.7 Å². The number of halogens is 1. The van der Waals surface area contributed by atoms with E-state index in [2.05, 4.69) is 28.8 Å². The first-order valence-electron chi connectivity index (χ1n) is 9.55. The molecule has 0 aromatic heterocycles. The summed E-state index contributed by atoms with van der Waals surface area (Å²) in [6.45, 7) is 9.91. The summed E-state index contributed by atoms with van der Waals surface area (Å²) in [7, 11) is 0. The number of hydrogen-bond donors (Lipinski definition) is 2. The molecule has 27 heavy (non-hydrogen) atoms. The predicted molar refractivity (Wildman–Crippen MR) is 130 cm³/mol. The average molecular weight is 506 g/mol. The normalized spacial score (nSPS) is 10.9. The maximum absolute atomic E-state index is 12.3. The zero-order chi connectivity index (χ0) is 19.2. The number of amides is 1. The summed E-state index contributed by atoms with van der Waals surface area (Å²) in [5.74, 6) is 2.14. The summed E-state index contributed by atoms with van der Waals surface area (Å²) < 4.78 is 0. The Labute approximate surface area is 186 Å². The first-order chi connectivity index (χ1) is 12.7. The van der Waals surface area contributed by atoms with Crippen LogP contribution >= 0.6 is 35.7 Å². The molecule has 0 saturated carbocycles. The van der Waals surface area contributed by atoms with E-state index in [1.54, 1.807) is 0 Å². The highest BCUT2D eigenvalue weighted by Crippen LogP contribution is 2.09. The Bertz CT molecular complexity index is 547. The van der Waals surface area contributed by atoms with Gasteiger partial charge in [-0.15, -0.1) is 24.0 Å². The lowest BCUT2D eigenvalue weighted by Crippen LogP contribution is -2.37. The number of nitrogens with zero attached hydrogens (tertiary/aromatic N) is 2. The Hall–Kier alpha value is -0.960. The lowest BCUT2D eigenvalue weighted by atomic mass is 10.1. The molecule has 2 N–H and O–H groups in total. The van der Waals surface area contributed by atoms with Gasteiger partial charge in [-0.2, -0.15) is 11.8 Å². The van der Waals surface area contributed by atoms with Crippen molar-refractivity contribution in [1.82, 2.24) is 15.5 Å². The van der Waals surface area contributed by atoms with Gasteiger partial charge in [-0.25, -0.2) is 4.99 Å². The van der Waals surface area contributed by atoms with Gasteiger partial charge in [0.15, 0.2) is 5.96 Å². The number of thioether (sulfide) groups is 1. The van der Waals surface area contributed by atoms with Crippen LogP contribution < -0.4 is 10.6 Å². The number of nitrogens with one attached hydrogen (secondary N) is 2. The van der Waals surface area contributed by atoms with Gasteiger partial charge in [0.05, 0.1) is 6.54 Å². The Morgan fingerprint density at radius 3 is 2.30 bits per heavy atom. The number of hydrogen-bond acceptors (Lipinski definition) is 3. The average Bonchev–Trinajstić information content (AvgIpc) is 2.67. The molecular formula is C20H35IN4OS. The largest absolute Gasteiger partial charge is 0.357 e. The van der Waals surface area contributed by atoms with Crippen LogP contribution in [0.15, 0.2) is 29.3 Å². The first-order valence-corrected chi connectivity index (χ1v) is 10.9. The van der Waals surface area contributed by atoms with Crippen LogP contribution in [0, 0.1) is 0 Å². The third-order valence-electron chi connectivity index (χ3n) is 4.08. The quantitative estimate of drug-likeness (QED) is 0.206. The van der Waals surface area contributed by atoms with Crippen LogP contribution in [0.3, 0.4) is 0 Å². The molecule has 0 atom stereocenters. The van der Waals surface area contributed by atoms with Crippen molar-refractivity contribution in [2.75, 3.05) is 38.2 Å². The van der Waals surface area contributed by atoms with Gasteiger partial charge >= 0.3 is 0 Å². The molecule has 5 nitrogen and oxygen atoms in total. The van der Waals surface area contributed by atoms with E-state index in [9.17, 15) is 4.79 Å². The number of carbonyl (C=O) groups is 1. The second-order valence-electron chi connectivity index (χ2n) is 6.00. The van der Waals surface area contributed by atoms with Crippen LogP contribution in [-0.2, 0) is 6.54 Å². The highest BCUT2D eigenvalue weighted by atomic mass is 127. The highest BCUT2D eigenvalue weighted by Gasteiger charge is 2.11.